The minimum absolute atomic E-state index is 0. The minimum Gasteiger partial charge on any atom is -1.00 e. The quantitative estimate of drug-likeness (QED) is 0.281. The van der Waals surface area contributed by atoms with E-state index < -0.39 is 11.6 Å². The van der Waals surface area contributed by atoms with Crippen molar-refractivity contribution in [1.82, 2.24) is 0 Å². The highest BCUT2D eigenvalue weighted by molar-refractivity contribution is 5.86. The Morgan fingerprint density at radius 3 is 1.92 bits per heavy atom. The Labute approximate surface area is 230 Å². The van der Waals surface area contributed by atoms with Crippen molar-refractivity contribution in [1.29, 1.82) is 0 Å². The molecule has 0 saturated carbocycles. The van der Waals surface area contributed by atoms with E-state index in [1.807, 2.05) is 60.7 Å². The van der Waals surface area contributed by atoms with Gasteiger partial charge in [-0.2, -0.15) is 0 Å². The predicted molar refractivity (Wildman–Crippen MR) is 135 cm³/mol. The van der Waals surface area contributed by atoms with Gasteiger partial charge in [0.2, 0.25) is 5.60 Å². The molecule has 4 aliphatic rings. The maximum absolute atomic E-state index is 14.2. The largest absolute Gasteiger partial charge is 1.00 e. The normalized spacial score (nSPS) is 25.8. The van der Waals surface area contributed by atoms with Gasteiger partial charge in [-0.25, -0.2) is 4.79 Å². The first-order chi connectivity index (χ1) is 18.1. The van der Waals surface area contributed by atoms with Crippen molar-refractivity contribution < 1.29 is 45.4 Å². The Bertz CT molecular complexity index is 1050. The van der Waals surface area contributed by atoms with E-state index in [0.717, 1.165) is 12.8 Å². The fraction of sp³-hybridized carbons (Fsp3) is 0.533. The molecule has 0 aliphatic carbocycles. The molecular formula is C30H36ClNO6. The highest BCUT2D eigenvalue weighted by atomic mass is 35.5. The summed E-state index contributed by atoms with van der Waals surface area (Å²) in [5.41, 5.74) is -0.248. The zero-order valence-corrected chi connectivity index (χ0v) is 22.4. The fourth-order valence-electron chi connectivity index (χ4n) is 7.18. The van der Waals surface area contributed by atoms with Crippen LogP contribution in [0, 0.1) is 5.92 Å². The van der Waals surface area contributed by atoms with Crippen LogP contribution in [0.25, 0.3) is 0 Å². The number of carbonyl (C=O) groups is 2. The number of quaternary nitrogens is 1. The van der Waals surface area contributed by atoms with Crippen molar-refractivity contribution in [2.45, 2.75) is 62.3 Å². The van der Waals surface area contributed by atoms with Gasteiger partial charge in [-0.05, 0) is 11.1 Å². The zero-order chi connectivity index (χ0) is 25.3. The molecule has 2 bridgehead atoms. The van der Waals surface area contributed by atoms with Crippen molar-refractivity contribution in [2.75, 3.05) is 33.1 Å². The molecule has 4 aliphatic heterocycles. The summed E-state index contributed by atoms with van der Waals surface area (Å²) in [5.74, 6) is -1.11. The number of rotatable bonds is 8. The number of carbonyl (C=O) groups excluding carboxylic acids is 2. The first kappa shape index (κ1) is 27.1. The van der Waals surface area contributed by atoms with E-state index in [2.05, 4.69) is 0 Å². The van der Waals surface area contributed by atoms with Crippen molar-refractivity contribution >= 4 is 11.9 Å². The monoisotopic (exact) mass is 541 g/mol. The summed E-state index contributed by atoms with van der Waals surface area (Å²) in [4.78, 5) is 26.6. The molecule has 0 radical (unpaired) electrons. The molecule has 8 heteroatoms. The number of halogens is 1. The summed E-state index contributed by atoms with van der Waals surface area (Å²) in [6.45, 7) is 2.90. The molecule has 204 valence electrons. The van der Waals surface area contributed by atoms with E-state index >= 15 is 0 Å². The molecule has 0 aromatic heterocycles. The van der Waals surface area contributed by atoms with Gasteiger partial charge in [0.05, 0.1) is 38.4 Å². The smallest absolute Gasteiger partial charge is 0.348 e. The molecule has 2 unspecified atom stereocenters. The third-order valence-corrected chi connectivity index (χ3v) is 9.13. The molecule has 0 amide bonds. The minimum atomic E-state index is -1.55. The van der Waals surface area contributed by atoms with Crippen LogP contribution in [0.5, 0.6) is 0 Å². The number of piperidine rings is 1. The predicted octanol–water partition coefficient (Wildman–Crippen LogP) is 0.945. The standard InChI is InChI=1S/C30H36NO6.ClH/c32-28(22-19-34-20-22)35-21-36-30(23-9-3-1-4-10-23,24-11-5-2-6-12-24)29(33)37-27-17-25-13-14-26(18-27)31(25)15-7-8-16-31;/h1-6,9-12,22,25-27H,7-8,13-21H2;1H/q+1;/p-1. The summed E-state index contributed by atoms with van der Waals surface area (Å²) >= 11 is 0. The zero-order valence-electron chi connectivity index (χ0n) is 21.6. The lowest BCUT2D eigenvalue weighted by Gasteiger charge is -2.47. The third-order valence-electron chi connectivity index (χ3n) is 9.13. The number of benzene rings is 2. The van der Waals surface area contributed by atoms with Crippen molar-refractivity contribution in [3.63, 3.8) is 0 Å². The van der Waals surface area contributed by atoms with Crippen molar-refractivity contribution in [3.8, 4) is 0 Å². The fourth-order valence-corrected chi connectivity index (χ4v) is 7.18. The second-order valence-electron chi connectivity index (χ2n) is 11.0. The van der Waals surface area contributed by atoms with Crippen molar-refractivity contribution in [3.05, 3.63) is 71.8 Å². The highest BCUT2D eigenvalue weighted by Crippen LogP contribution is 2.47. The van der Waals surface area contributed by atoms with Gasteiger partial charge >= 0.3 is 11.9 Å². The summed E-state index contributed by atoms with van der Waals surface area (Å²) in [7, 11) is 0. The van der Waals surface area contributed by atoms with E-state index in [-0.39, 0.29) is 37.2 Å². The molecule has 1 spiro atoms. The molecular weight excluding hydrogens is 506 g/mol. The van der Waals surface area contributed by atoms with Crippen molar-refractivity contribution in [2.24, 2.45) is 5.92 Å². The number of esters is 2. The van der Waals surface area contributed by atoms with E-state index in [1.165, 1.54) is 43.3 Å². The molecule has 2 atom stereocenters. The molecule has 38 heavy (non-hydrogen) atoms. The van der Waals surface area contributed by atoms with E-state index in [4.69, 9.17) is 18.9 Å². The van der Waals surface area contributed by atoms with Crippen LogP contribution in [0.1, 0.15) is 49.7 Å². The van der Waals surface area contributed by atoms with Crippen LogP contribution in [-0.2, 0) is 34.1 Å². The summed E-state index contributed by atoms with van der Waals surface area (Å²) in [5, 5.41) is 0. The first-order valence-corrected chi connectivity index (χ1v) is 13.7. The van der Waals surface area contributed by atoms with Crippen LogP contribution in [-0.4, -0.2) is 67.7 Å². The maximum Gasteiger partial charge on any atom is 0.348 e. The van der Waals surface area contributed by atoms with Gasteiger partial charge in [0, 0.05) is 38.5 Å². The Kier molecular flexibility index (Phi) is 8.10. The Balaban J connectivity index is 0.00000294. The van der Waals surface area contributed by atoms with Gasteiger partial charge in [0.25, 0.3) is 0 Å². The Hall–Kier alpha value is -2.45. The van der Waals surface area contributed by atoms with Crippen LogP contribution in [0.15, 0.2) is 60.7 Å². The highest BCUT2D eigenvalue weighted by Gasteiger charge is 2.57. The molecule has 4 saturated heterocycles. The van der Waals surface area contributed by atoms with Gasteiger partial charge in [0.15, 0.2) is 6.79 Å². The van der Waals surface area contributed by atoms with Crippen LogP contribution in [0.2, 0.25) is 0 Å². The molecule has 7 nitrogen and oxygen atoms in total. The van der Waals surface area contributed by atoms with Gasteiger partial charge in [-0.3, -0.25) is 4.79 Å². The van der Waals surface area contributed by atoms with E-state index in [9.17, 15) is 9.59 Å². The lowest BCUT2D eigenvalue weighted by atomic mass is 9.85. The van der Waals surface area contributed by atoms with Gasteiger partial charge < -0.3 is 35.8 Å². The average molecular weight is 542 g/mol. The Morgan fingerprint density at radius 2 is 1.42 bits per heavy atom. The summed E-state index contributed by atoms with van der Waals surface area (Å²) in [6, 6.07) is 19.9. The summed E-state index contributed by atoms with van der Waals surface area (Å²) in [6.07, 6.45) is 6.72. The van der Waals surface area contributed by atoms with Gasteiger partial charge in [-0.15, -0.1) is 0 Å². The summed E-state index contributed by atoms with van der Waals surface area (Å²) < 4.78 is 24.4. The van der Waals surface area contributed by atoms with Gasteiger partial charge in [-0.1, -0.05) is 60.7 Å². The topological polar surface area (TPSA) is 71.1 Å². The second-order valence-corrected chi connectivity index (χ2v) is 11.0. The van der Waals surface area contributed by atoms with Crippen LogP contribution in [0.3, 0.4) is 0 Å². The lowest BCUT2D eigenvalue weighted by molar-refractivity contribution is -0.956. The number of hydrogen-bond acceptors (Lipinski definition) is 6. The van der Waals surface area contributed by atoms with Crippen LogP contribution < -0.4 is 12.4 Å². The molecule has 4 fully saturated rings. The second kappa shape index (κ2) is 11.3. The molecule has 0 N–H and O–H groups in total. The SMILES string of the molecule is O=C(OCOC(C(=O)OC1CC2CCC(C1)[N+]21CCCC1)(c1ccccc1)c1ccccc1)C1COC1.[Cl-]. The van der Waals surface area contributed by atoms with Crippen LogP contribution in [0.4, 0.5) is 0 Å². The first-order valence-electron chi connectivity index (χ1n) is 13.7. The average Bonchev–Trinajstić information content (AvgIpc) is 3.43. The lowest BCUT2D eigenvalue weighted by Crippen LogP contribution is -3.00. The third kappa shape index (κ3) is 4.75. The molecule has 2 aromatic carbocycles. The number of ether oxygens (including phenoxy) is 4. The van der Waals surface area contributed by atoms with E-state index in [1.54, 1.807) is 0 Å². The number of hydrogen-bond donors (Lipinski definition) is 0. The number of nitrogens with zero attached hydrogens (tertiary/aromatic N) is 1. The van der Waals surface area contributed by atoms with Crippen LogP contribution >= 0.6 is 0 Å². The molecule has 4 heterocycles. The molecule has 6 rings (SSSR count). The Morgan fingerprint density at radius 1 is 0.868 bits per heavy atom. The van der Waals surface area contributed by atoms with E-state index in [0.29, 0.717) is 36.4 Å². The molecule has 2 aromatic rings. The maximum atomic E-state index is 14.2. The van der Waals surface area contributed by atoms with Gasteiger partial charge in [0.1, 0.15) is 12.0 Å².